The third-order valence-corrected chi connectivity index (χ3v) is 3.90. The number of nitrogens with one attached hydrogen (secondary N) is 3. The third-order valence-electron chi connectivity index (χ3n) is 3.90. The molecule has 2 aromatic carbocycles. The Morgan fingerprint density at radius 3 is 2.57 bits per heavy atom. The molecule has 2 aromatic heterocycles. The van der Waals surface area contributed by atoms with Gasteiger partial charge in [-0.1, -0.05) is 0 Å². The predicted molar refractivity (Wildman–Crippen MR) is 96.5 cm³/mol. The molecule has 2 heterocycles. The fourth-order valence-corrected chi connectivity index (χ4v) is 2.57. The van der Waals surface area contributed by atoms with Crippen LogP contribution in [0, 0.1) is 24.4 Å². The molecule has 0 spiro atoms. The summed E-state index contributed by atoms with van der Waals surface area (Å²) in [5.41, 5.74) is 1.59. The number of hydrogen-bond donors (Lipinski definition) is 3. The first-order valence-corrected chi connectivity index (χ1v) is 8.04. The molecule has 0 saturated carbocycles. The third kappa shape index (κ3) is 3.39. The Morgan fingerprint density at radius 2 is 1.82 bits per heavy atom. The van der Waals surface area contributed by atoms with Gasteiger partial charge in [-0.3, -0.25) is 4.98 Å². The molecule has 142 valence electrons. The number of aromatic amines is 1. The van der Waals surface area contributed by atoms with E-state index in [1.807, 2.05) is 0 Å². The van der Waals surface area contributed by atoms with Crippen LogP contribution in [0.2, 0.25) is 0 Å². The van der Waals surface area contributed by atoms with Crippen molar-refractivity contribution in [2.24, 2.45) is 0 Å². The second kappa shape index (κ2) is 6.72. The summed E-state index contributed by atoms with van der Waals surface area (Å²) >= 11 is 0. The maximum atomic E-state index is 13.8. The van der Waals surface area contributed by atoms with Crippen LogP contribution in [0.15, 0.2) is 45.7 Å². The molecular formula is C18H12F3N5O2. The fourth-order valence-electron chi connectivity index (χ4n) is 2.57. The van der Waals surface area contributed by atoms with Gasteiger partial charge in [-0.25, -0.2) is 22.9 Å². The fraction of sp³-hybridized carbons (Fsp3) is 0.0556. The van der Waals surface area contributed by atoms with Crippen molar-refractivity contribution in [2.75, 3.05) is 10.6 Å². The summed E-state index contributed by atoms with van der Waals surface area (Å²) in [7, 11) is 0. The molecule has 0 aliphatic carbocycles. The molecule has 0 aliphatic rings. The number of anilines is 4. The van der Waals surface area contributed by atoms with Crippen molar-refractivity contribution < 1.29 is 17.6 Å². The van der Waals surface area contributed by atoms with Crippen molar-refractivity contribution in [3.8, 4) is 0 Å². The molecule has 0 bridgehead atoms. The summed E-state index contributed by atoms with van der Waals surface area (Å²) in [4.78, 5) is 22.0. The molecule has 0 saturated heterocycles. The van der Waals surface area contributed by atoms with Gasteiger partial charge in [0.05, 0.1) is 5.52 Å². The van der Waals surface area contributed by atoms with Gasteiger partial charge >= 0.3 is 5.76 Å². The van der Waals surface area contributed by atoms with E-state index in [9.17, 15) is 18.0 Å². The lowest BCUT2D eigenvalue weighted by Gasteiger charge is -2.12. The zero-order chi connectivity index (χ0) is 19.8. The highest BCUT2D eigenvalue weighted by Gasteiger charge is 2.14. The molecule has 28 heavy (non-hydrogen) atoms. The molecule has 0 radical (unpaired) electrons. The number of benzene rings is 2. The van der Waals surface area contributed by atoms with E-state index in [0.29, 0.717) is 40.3 Å². The van der Waals surface area contributed by atoms with Crippen LogP contribution < -0.4 is 16.4 Å². The number of nitrogens with zero attached hydrogens (tertiary/aromatic N) is 2. The second-order valence-corrected chi connectivity index (χ2v) is 5.95. The van der Waals surface area contributed by atoms with Crippen molar-refractivity contribution in [1.82, 2.24) is 15.0 Å². The van der Waals surface area contributed by atoms with Gasteiger partial charge in [0.15, 0.2) is 17.2 Å². The second-order valence-electron chi connectivity index (χ2n) is 5.95. The van der Waals surface area contributed by atoms with Crippen molar-refractivity contribution in [2.45, 2.75) is 6.92 Å². The highest BCUT2D eigenvalue weighted by Crippen LogP contribution is 2.26. The topological polar surface area (TPSA) is 95.8 Å². The van der Waals surface area contributed by atoms with Gasteiger partial charge in [0, 0.05) is 29.6 Å². The molecule has 7 nitrogen and oxygen atoms in total. The molecule has 10 heteroatoms. The van der Waals surface area contributed by atoms with E-state index in [1.165, 1.54) is 6.20 Å². The number of aromatic nitrogens is 3. The number of oxazole rings is 1. The first kappa shape index (κ1) is 17.6. The van der Waals surface area contributed by atoms with Gasteiger partial charge in [-0.05, 0) is 25.1 Å². The summed E-state index contributed by atoms with van der Waals surface area (Å²) in [6.45, 7) is 1.74. The minimum Gasteiger partial charge on any atom is -0.408 e. The van der Waals surface area contributed by atoms with Crippen LogP contribution in [0.1, 0.15) is 5.56 Å². The molecule has 4 rings (SSSR count). The lowest BCUT2D eigenvalue weighted by atomic mass is 10.2. The van der Waals surface area contributed by atoms with Crippen LogP contribution in [0.4, 0.5) is 36.3 Å². The zero-order valence-corrected chi connectivity index (χ0v) is 14.3. The SMILES string of the molecule is Cc1cnc(Nc2c(F)cc(F)cc2F)nc1Nc1ccc2oc(=O)[nH]c2c1. The van der Waals surface area contributed by atoms with Crippen molar-refractivity contribution >= 4 is 34.2 Å². The molecule has 0 atom stereocenters. The number of fused-ring (bicyclic) bond motifs is 1. The number of hydrogen-bond acceptors (Lipinski definition) is 6. The number of aryl methyl sites for hydroxylation is 1. The van der Waals surface area contributed by atoms with E-state index >= 15 is 0 Å². The summed E-state index contributed by atoms with van der Waals surface area (Å²) in [5, 5.41) is 5.45. The Hall–Kier alpha value is -3.82. The van der Waals surface area contributed by atoms with Gasteiger partial charge < -0.3 is 15.1 Å². The molecule has 4 aromatic rings. The Bertz CT molecular complexity index is 1230. The first-order valence-electron chi connectivity index (χ1n) is 8.04. The van der Waals surface area contributed by atoms with Gasteiger partial charge in [0.1, 0.15) is 17.3 Å². The number of H-pyrrole nitrogens is 1. The van der Waals surface area contributed by atoms with Crippen LogP contribution in [-0.4, -0.2) is 15.0 Å². The van der Waals surface area contributed by atoms with Crippen LogP contribution in [0.25, 0.3) is 11.1 Å². The Balaban J connectivity index is 1.64. The van der Waals surface area contributed by atoms with Crippen molar-refractivity contribution in [3.63, 3.8) is 0 Å². The smallest absolute Gasteiger partial charge is 0.408 e. The summed E-state index contributed by atoms with van der Waals surface area (Å²) in [6, 6.07) is 6.04. The van der Waals surface area contributed by atoms with Crippen LogP contribution in [0.5, 0.6) is 0 Å². The molecule has 0 unspecified atom stereocenters. The average Bonchev–Trinajstić information content (AvgIpc) is 3.00. The first-order chi connectivity index (χ1) is 13.4. The van der Waals surface area contributed by atoms with Gasteiger partial charge in [0.2, 0.25) is 5.95 Å². The molecule has 0 amide bonds. The van der Waals surface area contributed by atoms with Crippen LogP contribution in [-0.2, 0) is 0 Å². The lowest BCUT2D eigenvalue weighted by Crippen LogP contribution is -2.05. The Labute approximate surface area is 155 Å². The number of halogens is 3. The zero-order valence-electron chi connectivity index (χ0n) is 14.3. The van der Waals surface area contributed by atoms with Crippen molar-refractivity contribution in [1.29, 1.82) is 0 Å². The standard InChI is InChI=1S/C18H12F3N5O2/c1-8-7-22-17(25-15-11(20)4-9(19)5-12(15)21)26-16(8)23-10-2-3-14-13(6-10)24-18(27)28-14/h2-7H,1H3,(H,24,27)(H2,22,23,25,26). The minimum atomic E-state index is -1.11. The molecular weight excluding hydrogens is 375 g/mol. The normalized spacial score (nSPS) is 11.0. The van der Waals surface area contributed by atoms with E-state index in [4.69, 9.17) is 4.42 Å². The summed E-state index contributed by atoms with van der Waals surface area (Å²) < 4.78 is 45.6. The predicted octanol–water partition coefficient (Wildman–Crippen LogP) is 4.12. The van der Waals surface area contributed by atoms with Gasteiger partial charge in [-0.15, -0.1) is 0 Å². The van der Waals surface area contributed by atoms with Crippen LogP contribution >= 0.6 is 0 Å². The Kier molecular flexibility index (Phi) is 4.22. The van der Waals surface area contributed by atoms with Crippen LogP contribution in [0.3, 0.4) is 0 Å². The van der Waals surface area contributed by atoms with E-state index in [2.05, 4.69) is 25.6 Å². The van der Waals surface area contributed by atoms with Gasteiger partial charge in [0.25, 0.3) is 0 Å². The largest absolute Gasteiger partial charge is 0.417 e. The molecule has 3 N–H and O–H groups in total. The monoisotopic (exact) mass is 387 g/mol. The highest BCUT2D eigenvalue weighted by molar-refractivity contribution is 5.78. The maximum absolute atomic E-state index is 13.8. The minimum absolute atomic E-state index is 0.0877. The lowest BCUT2D eigenvalue weighted by molar-refractivity contribution is 0.548. The Morgan fingerprint density at radius 1 is 1.07 bits per heavy atom. The average molecular weight is 387 g/mol. The highest BCUT2D eigenvalue weighted by atomic mass is 19.1. The quantitative estimate of drug-likeness (QED) is 0.487. The maximum Gasteiger partial charge on any atom is 0.417 e. The summed E-state index contributed by atoms with van der Waals surface area (Å²) in [5.74, 6) is -3.53. The van der Waals surface area contributed by atoms with Crippen molar-refractivity contribution in [3.05, 3.63) is 70.1 Å². The van der Waals surface area contributed by atoms with E-state index in [1.54, 1.807) is 25.1 Å². The van der Waals surface area contributed by atoms with Gasteiger partial charge in [-0.2, -0.15) is 4.98 Å². The van der Waals surface area contributed by atoms with E-state index < -0.39 is 28.9 Å². The molecule has 0 aliphatic heterocycles. The number of rotatable bonds is 4. The van der Waals surface area contributed by atoms with E-state index in [0.717, 1.165) is 0 Å². The van der Waals surface area contributed by atoms with E-state index in [-0.39, 0.29) is 5.95 Å². The summed E-state index contributed by atoms with van der Waals surface area (Å²) in [6.07, 6.45) is 1.45. The molecule has 0 fully saturated rings.